The lowest BCUT2D eigenvalue weighted by molar-refractivity contribution is 0.102. The Bertz CT molecular complexity index is 676. The second kappa shape index (κ2) is 6.58. The molecule has 0 aliphatic rings. The summed E-state index contributed by atoms with van der Waals surface area (Å²) in [7, 11) is 3.02. The fourth-order valence-corrected chi connectivity index (χ4v) is 2.13. The molecule has 0 heterocycles. The number of benzene rings is 2. The van der Waals surface area contributed by atoms with Crippen LogP contribution in [-0.2, 0) is 0 Å². The molecule has 0 aromatic heterocycles. The summed E-state index contributed by atoms with van der Waals surface area (Å²) in [5.74, 6) is 0.289. The zero-order chi connectivity index (χ0) is 15.4. The van der Waals surface area contributed by atoms with Gasteiger partial charge in [0, 0.05) is 11.3 Å². The molecule has 2 aromatic carbocycles. The van der Waals surface area contributed by atoms with Crippen molar-refractivity contribution in [1.29, 1.82) is 0 Å². The molecule has 2 aromatic rings. The highest BCUT2D eigenvalue weighted by Crippen LogP contribution is 2.28. The first kappa shape index (κ1) is 15.3. The van der Waals surface area contributed by atoms with Gasteiger partial charge >= 0.3 is 0 Å². The van der Waals surface area contributed by atoms with Crippen LogP contribution in [0.2, 0.25) is 0 Å². The zero-order valence-corrected chi connectivity index (χ0v) is 13.0. The van der Waals surface area contributed by atoms with E-state index in [9.17, 15) is 9.18 Å². The van der Waals surface area contributed by atoms with E-state index in [1.165, 1.54) is 32.4 Å². The van der Waals surface area contributed by atoms with Crippen molar-refractivity contribution in [3.63, 3.8) is 0 Å². The molecule has 2 rings (SSSR count). The van der Waals surface area contributed by atoms with E-state index in [0.717, 1.165) is 0 Å². The average Bonchev–Trinajstić information content (AvgIpc) is 2.50. The fourth-order valence-electron chi connectivity index (χ4n) is 1.75. The molecule has 0 atom stereocenters. The summed E-state index contributed by atoms with van der Waals surface area (Å²) < 4.78 is 23.7. The van der Waals surface area contributed by atoms with E-state index in [0.29, 0.717) is 22.7 Å². The molecule has 1 N–H and O–H groups in total. The smallest absolute Gasteiger partial charge is 0.255 e. The summed E-state index contributed by atoms with van der Waals surface area (Å²) in [4.78, 5) is 12.2. The number of nitrogens with one attached hydrogen (secondary N) is 1. The van der Waals surface area contributed by atoms with Crippen molar-refractivity contribution in [3.8, 4) is 11.5 Å². The first-order valence-corrected chi connectivity index (χ1v) is 6.83. The third-order valence-corrected chi connectivity index (χ3v) is 3.43. The SMILES string of the molecule is COc1ccc(C(=O)Nc2ccc(F)c(Br)c2)cc1OC. The van der Waals surface area contributed by atoms with Crippen molar-refractivity contribution in [1.82, 2.24) is 0 Å². The van der Waals surface area contributed by atoms with Gasteiger partial charge in [0.15, 0.2) is 11.5 Å². The summed E-state index contributed by atoms with van der Waals surface area (Å²) in [6.45, 7) is 0. The summed E-state index contributed by atoms with van der Waals surface area (Å²) in [6, 6.07) is 9.09. The minimum Gasteiger partial charge on any atom is -0.493 e. The molecule has 0 spiro atoms. The van der Waals surface area contributed by atoms with E-state index in [2.05, 4.69) is 21.2 Å². The monoisotopic (exact) mass is 353 g/mol. The van der Waals surface area contributed by atoms with Gasteiger partial charge in [0.1, 0.15) is 5.82 Å². The van der Waals surface area contributed by atoms with Crippen molar-refractivity contribution in [2.45, 2.75) is 0 Å². The van der Waals surface area contributed by atoms with E-state index < -0.39 is 0 Å². The molecule has 4 nitrogen and oxygen atoms in total. The van der Waals surface area contributed by atoms with Crippen LogP contribution in [0.4, 0.5) is 10.1 Å². The fraction of sp³-hybridized carbons (Fsp3) is 0.133. The van der Waals surface area contributed by atoms with Gasteiger partial charge < -0.3 is 14.8 Å². The van der Waals surface area contributed by atoms with Crippen LogP contribution >= 0.6 is 15.9 Å². The number of hydrogen-bond donors (Lipinski definition) is 1. The third-order valence-electron chi connectivity index (χ3n) is 2.82. The molecule has 1 amide bonds. The summed E-state index contributed by atoms with van der Waals surface area (Å²) in [6.07, 6.45) is 0. The molecular formula is C15H13BrFNO3. The predicted octanol–water partition coefficient (Wildman–Crippen LogP) is 3.86. The third kappa shape index (κ3) is 3.52. The molecule has 110 valence electrons. The number of halogens is 2. The normalized spacial score (nSPS) is 10.1. The van der Waals surface area contributed by atoms with Crippen LogP contribution in [0.3, 0.4) is 0 Å². The number of anilines is 1. The van der Waals surface area contributed by atoms with E-state index in [1.807, 2.05) is 0 Å². The molecule has 0 saturated carbocycles. The minimum absolute atomic E-state index is 0.285. The van der Waals surface area contributed by atoms with E-state index in [-0.39, 0.29) is 16.2 Å². The number of carbonyl (C=O) groups excluding carboxylic acids is 1. The van der Waals surface area contributed by atoms with Gasteiger partial charge in [-0.25, -0.2) is 4.39 Å². The van der Waals surface area contributed by atoms with Gasteiger partial charge in [-0.1, -0.05) is 0 Å². The Labute approximate surface area is 130 Å². The first-order chi connectivity index (χ1) is 10.0. The van der Waals surface area contributed by atoms with Gasteiger partial charge in [0.25, 0.3) is 5.91 Å². The number of rotatable bonds is 4. The van der Waals surface area contributed by atoms with Gasteiger partial charge in [-0.15, -0.1) is 0 Å². The number of methoxy groups -OCH3 is 2. The Balaban J connectivity index is 2.21. The van der Waals surface area contributed by atoms with E-state index in [1.54, 1.807) is 18.2 Å². The minimum atomic E-state index is -0.390. The highest BCUT2D eigenvalue weighted by Gasteiger charge is 2.11. The van der Waals surface area contributed by atoms with Gasteiger partial charge in [0.2, 0.25) is 0 Å². The summed E-state index contributed by atoms with van der Waals surface area (Å²) >= 11 is 3.07. The van der Waals surface area contributed by atoms with Crippen LogP contribution < -0.4 is 14.8 Å². The predicted molar refractivity (Wildman–Crippen MR) is 81.6 cm³/mol. The van der Waals surface area contributed by atoms with Crippen LogP contribution in [0, 0.1) is 5.82 Å². The van der Waals surface area contributed by atoms with E-state index in [4.69, 9.17) is 9.47 Å². The van der Waals surface area contributed by atoms with Gasteiger partial charge in [-0.3, -0.25) is 4.79 Å². The highest BCUT2D eigenvalue weighted by atomic mass is 79.9. The Hall–Kier alpha value is -2.08. The maximum atomic E-state index is 13.2. The molecule has 0 aliphatic heterocycles. The van der Waals surface area contributed by atoms with Crippen LogP contribution in [0.25, 0.3) is 0 Å². The molecule has 0 saturated heterocycles. The maximum Gasteiger partial charge on any atom is 0.255 e. The zero-order valence-electron chi connectivity index (χ0n) is 11.4. The Kier molecular flexibility index (Phi) is 4.80. The Morgan fingerprint density at radius 2 is 1.81 bits per heavy atom. The lowest BCUT2D eigenvalue weighted by atomic mass is 10.2. The van der Waals surface area contributed by atoms with Crippen LogP contribution in [0.1, 0.15) is 10.4 Å². The van der Waals surface area contributed by atoms with Crippen molar-refractivity contribution in [2.24, 2.45) is 0 Å². The summed E-state index contributed by atoms with van der Waals surface area (Å²) in [5.41, 5.74) is 0.899. The van der Waals surface area contributed by atoms with Crippen molar-refractivity contribution >= 4 is 27.5 Å². The van der Waals surface area contributed by atoms with Crippen molar-refractivity contribution < 1.29 is 18.7 Å². The van der Waals surface area contributed by atoms with Gasteiger partial charge in [-0.2, -0.15) is 0 Å². The quantitative estimate of drug-likeness (QED) is 0.907. The summed E-state index contributed by atoms with van der Waals surface area (Å²) in [5, 5.41) is 2.68. The molecule has 0 fully saturated rings. The molecular weight excluding hydrogens is 341 g/mol. The van der Waals surface area contributed by atoms with Crippen molar-refractivity contribution in [3.05, 3.63) is 52.3 Å². The largest absolute Gasteiger partial charge is 0.493 e. The lowest BCUT2D eigenvalue weighted by Crippen LogP contribution is -2.12. The van der Waals surface area contributed by atoms with Crippen molar-refractivity contribution in [2.75, 3.05) is 19.5 Å². The standard InChI is InChI=1S/C15H13BrFNO3/c1-20-13-6-3-9(7-14(13)21-2)15(19)18-10-4-5-12(17)11(16)8-10/h3-8H,1-2H3,(H,18,19). The Morgan fingerprint density at radius 1 is 1.10 bits per heavy atom. The second-order valence-corrected chi connectivity index (χ2v) is 5.01. The Morgan fingerprint density at radius 3 is 2.43 bits per heavy atom. The number of carbonyl (C=O) groups is 1. The van der Waals surface area contributed by atoms with Crippen LogP contribution in [-0.4, -0.2) is 20.1 Å². The van der Waals surface area contributed by atoms with Crippen LogP contribution in [0.15, 0.2) is 40.9 Å². The number of hydrogen-bond acceptors (Lipinski definition) is 3. The van der Waals surface area contributed by atoms with Gasteiger partial charge in [0.05, 0.1) is 18.7 Å². The van der Waals surface area contributed by atoms with Gasteiger partial charge in [-0.05, 0) is 52.3 Å². The maximum absolute atomic E-state index is 13.2. The average molecular weight is 354 g/mol. The molecule has 0 aliphatic carbocycles. The number of amides is 1. The second-order valence-electron chi connectivity index (χ2n) is 4.15. The topological polar surface area (TPSA) is 47.6 Å². The van der Waals surface area contributed by atoms with Crippen LogP contribution in [0.5, 0.6) is 11.5 Å². The molecule has 0 radical (unpaired) electrons. The van der Waals surface area contributed by atoms with E-state index >= 15 is 0 Å². The number of ether oxygens (including phenoxy) is 2. The molecule has 0 bridgehead atoms. The molecule has 21 heavy (non-hydrogen) atoms. The molecule has 6 heteroatoms. The lowest BCUT2D eigenvalue weighted by Gasteiger charge is -2.10. The highest BCUT2D eigenvalue weighted by molar-refractivity contribution is 9.10. The molecule has 0 unspecified atom stereocenters. The first-order valence-electron chi connectivity index (χ1n) is 6.03.